The van der Waals surface area contributed by atoms with Gasteiger partial charge in [0.15, 0.2) is 0 Å². The second-order valence-corrected chi connectivity index (χ2v) is 8.02. The molecule has 0 aliphatic carbocycles. The molecule has 1 aromatic heterocycles. The van der Waals surface area contributed by atoms with Crippen LogP contribution in [0.25, 0.3) is 0 Å². The largest absolute Gasteiger partial charge is 0.491 e. The van der Waals surface area contributed by atoms with Crippen LogP contribution in [-0.2, 0) is 11.1 Å². The SMILES string of the molecule is [2H]C([2H])([2H])c1c(C([2H])([2H])c2ccc(OC(C)C)cc2)c(O[C@@H]2O[C@H](CO)[C@@H](O)[C@H](O)[C@H]2O)nn1C([2H])(C)C. The second kappa shape index (κ2) is 10.2. The van der Waals surface area contributed by atoms with Crippen molar-refractivity contribution < 1.29 is 42.9 Å². The highest BCUT2D eigenvalue weighted by Crippen LogP contribution is 2.31. The molecule has 0 unspecified atom stereocenters. The molecule has 2 heterocycles. The van der Waals surface area contributed by atoms with Crippen molar-refractivity contribution in [3.8, 4) is 11.6 Å². The van der Waals surface area contributed by atoms with Crippen molar-refractivity contribution in [3.05, 3.63) is 41.1 Å². The Morgan fingerprint density at radius 3 is 2.41 bits per heavy atom. The fraction of sp³-hybridized carbons (Fsp3) is 0.609. The molecule has 0 spiro atoms. The van der Waals surface area contributed by atoms with Gasteiger partial charge in [0.05, 0.1) is 14.1 Å². The first kappa shape index (κ1) is 17.3. The topological polar surface area (TPSA) is 126 Å². The van der Waals surface area contributed by atoms with E-state index in [4.69, 9.17) is 22.4 Å². The summed E-state index contributed by atoms with van der Waals surface area (Å²) in [5, 5.41) is 44.3. The predicted molar refractivity (Wildman–Crippen MR) is 117 cm³/mol. The lowest BCUT2D eigenvalue weighted by Gasteiger charge is -2.39. The minimum absolute atomic E-state index is 0.0279. The molecule has 1 aliphatic rings. The summed E-state index contributed by atoms with van der Waals surface area (Å²) in [5.74, 6) is -0.135. The average molecular weight is 457 g/mol. The van der Waals surface area contributed by atoms with Crippen LogP contribution >= 0.6 is 0 Å². The quantitative estimate of drug-likeness (QED) is 0.469. The summed E-state index contributed by atoms with van der Waals surface area (Å²) in [7, 11) is 0. The number of hydrogen-bond donors (Lipinski definition) is 4. The fourth-order valence-corrected chi connectivity index (χ4v) is 3.22. The van der Waals surface area contributed by atoms with Gasteiger partial charge in [0.2, 0.25) is 12.2 Å². The highest BCUT2D eigenvalue weighted by molar-refractivity contribution is 5.38. The summed E-state index contributed by atoms with van der Waals surface area (Å²) < 4.78 is 68.2. The van der Waals surface area contributed by atoms with Gasteiger partial charge < -0.3 is 34.6 Å². The van der Waals surface area contributed by atoms with Crippen molar-refractivity contribution in [3.63, 3.8) is 0 Å². The molecular weight excluding hydrogens is 416 g/mol. The van der Waals surface area contributed by atoms with Crippen molar-refractivity contribution in [2.24, 2.45) is 0 Å². The van der Waals surface area contributed by atoms with Crippen molar-refractivity contribution in [1.82, 2.24) is 9.78 Å². The van der Waals surface area contributed by atoms with Crippen LogP contribution in [0.3, 0.4) is 0 Å². The van der Waals surface area contributed by atoms with Crippen LogP contribution in [0, 0.1) is 6.85 Å². The Hall–Kier alpha value is -2.17. The normalized spacial score (nSPS) is 30.0. The number of aliphatic hydroxyl groups excluding tert-OH is 4. The third-order valence-corrected chi connectivity index (χ3v) is 4.85. The van der Waals surface area contributed by atoms with E-state index in [0.717, 1.165) is 4.68 Å². The van der Waals surface area contributed by atoms with Crippen LogP contribution in [0.15, 0.2) is 24.3 Å². The number of ether oxygens (including phenoxy) is 3. The van der Waals surface area contributed by atoms with Gasteiger partial charge >= 0.3 is 0 Å². The molecule has 0 bridgehead atoms. The van der Waals surface area contributed by atoms with Gasteiger partial charge in [0.25, 0.3) is 0 Å². The molecule has 1 aromatic carbocycles. The third kappa shape index (κ3) is 5.24. The maximum Gasteiger partial charge on any atom is 0.239 e. The Labute approximate surface area is 196 Å². The van der Waals surface area contributed by atoms with Gasteiger partial charge in [-0.3, -0.25) is 4.68 Å². The summed E-state index contributed by atoms with van der Waals surface area (Å²) in [5.41, 5.74) is -1.11. The highest BCUT2D eigenvalue weighted by atomic mass is 16.7. The van der Waals surface area contributed by atoms with E-state index in [1.165, 1.54) is 38.1 Å². The molecule has 2 aromatic rings. The number of rotatable bonds is 8. The molecule has 5 atom stereocenters. The van der Waals surface area contributed by atoms with Crippen LogP contribution < -0.4 is 9.47 Å². The van der Waals surface area contributed by atoms with E-state index < -0.39 is 73.7 Å². The molecule has 32 heavy (non-hydrogen) atoms. The lowest BCUT2D eigenvalue weighted by atomic mass is 9.99. The smallest absolute Gasteiger partial charge is 0.239 e. The summed E-state index contributed by atoms with van der Waals surface area (Å²) in [6.45, 7) is 2.67. The Balaban J connectivity index is 2.19. The van der Waals surface area contributed by atoms with Gasteiger partial charge in [-0.05, 0) is 52.2 Å². The van der Waals surface area contributed by atoms with Crippen LogP contribution in [0.1, 0.15) is 58.8 Å². The van der Waals surface area contributed by atoms with Gasteiger partial charge in [0.1, 0.15) is 30.2 Å². The minimum atomic E-state index is -2.95. The van der Waals surface area contributed by atoms with Gasteiger partial charge in [-0.15, -0.1) is 5.10 Å². The summed E-state index contributed by atoms with van der Waals surface area (Å²) in [6.07, 6.45) is -11.1. The summed E-state index contributed by atoms with van der Waals surface area (Å²) in [6, 6.07) is 4.21. The molecule has 9 heteroatoms. The zero-order chi connectivity index (χ0) is 28.8. The predicted octanol–water partition coefficient (Wildman–Crippen LogP) is 1.33. The first-order valence-electron chi connectivity index (χ1n) is 13.3. The number of benzene rings is 1. The zero-order valence-corrected chi connectivity index (χ0v) is 18.4. The first-order valence-corrected chi connectivity index (χ1v) is 10.3. The van der Waals surface area contributed by atoms with E-state index in [2.05, 4.69) is 5.10 Å². The lowest BCUT2D eigenvalue weighted by Crippen LogP contribution is -2.60. The summed E-state index contributed by atoms with van der Waals surface area (Å²) in [4.78, 5) is 0. The Morgan fingerprint density at radius 2 is 1.84 bits per heavy atom. The average Bonchev–Trinajstić information content (AvgIpc) is 3.21. The van der Waals surface area contributed by atoms with E-state index in [0.29, 0.717) is 5.75 Å². The molecule has 1 saturated heterocycles. The molecule has 1 aliphatic heterocycles. The number of nitrogens with zero attached hydrogens (tertiary/aromatic N) is 2. The maximum absolute atomic E-state index is 10.5. The van der Waals surface area contributed by atoms with Gasteiger partial charge in [-0.1, -0.05) is 12.1 Å². The minimum Gasteiger partial charge on any atom is -0.491 e. The summed E-state index contributed by atoms with van der Waals surface area (Å²) >= 11 is 0. The van der Waals surface area contributed by atoms with Crippen molar-refractivity contribution in [2.75, 3.05) is 6.61 Å². The molecular formula is C23H34N2O7. The van der Waals surface area contributed by atoms with Crippen LogP contribution in [0.5, 0.6) is 11.6 Å². The van der Waals surface area contributed by atoms with Crippen molar-refractivity contribution in [2.45, 2.75) is 83.7 Å². The molecule has 1 fully saturated rings. The van der Waals surface area contributed by atoms with Crippen molar-refractivity contribution in [1.29, 1.82) is 0 Å². The van der Waals surface area contributed by atoms with Crippen molar-refractivity contribution >= 4 is 0 Å². The standard InChI is InChI=1S/C23H34N2O7/c1-12(2)25-14(5)17(10-15-6-8-16(9-7-15)30-13(3)4)22(24-25)32-23-21(29)20(28)19(27)18(11-26)31-23/h6-9,12-13,18-21,23,26-29H,10-11H2,1-5H3/t18-,19-,20+,21-,23+/m1/s1/i5D3,10D2,12D. The zero-order valence-electron chi connectivity index (χ0n) is 24.4. The van der Waals surface area contributed by atoms with E-state index in [9.17, 15) is 20.4 Å². The Morgan fingerprint density at radius 1 is 1.16 bits per heavy atom. The first-order chi connectivity index (χ1) is 17.4. The Kier molecular flexibility index (Phi) is 5.51. The third-order valence-electron chi connectivity index (χ3n) is 4.85. The molecule has 0 radical (unpaired) electrons. The molecule has 4 N–H and O–H groups in total. The van der Waals surface area contributed by atoms with Crippen LogP contribution in [0.2, 0.25) is 0 Å². The van der Waals surface area contributed by atoms with E-state index in [1.54, 1.807) is 0 Å². The number of aromatic nitrogens is 2. The molecule has 9 nitrogen and oxygen atoms in total. The second-order valence-electron chi connectivity index (χ2n) is 8.02. The van der Waals surface area contributed by atoms with Gasteiger partial charge in [-0.2, -0.15) is 0 Å². The Bertz CT molecular complexity index is 1100. The number of aliphatic hydroxyl groups is 4. The van der Waals surface area contributed by atoms with E-state index >= 15 is 0 Å². The molecule has 0 amide bonds. The fourth-order valence-electron chi connectivity index (χ4n) is 3.22. The van der Waals surface area contributed by atoms with Crippen LogP contribution in [-0.4, -0.2) is 73.6 Å². The molecule has 0 saturated carbocycles. The van der Waals surface area contributed by atoms with Gasteiger partial charge in [0, 0.05) is 30.5 Å². The van der Waals surface area contributed by atoms with Gasteiger partial charge in [-0.25, -0.2) is 0 Å². The van der Waals surface area contributed by atoms with E-state index in [1.807, 2.05) is 13.8 Å². The molecule has 3 rings (SSSR count). The maximum atomic E-state index is 10.5. The lowest BCUT2D eigenvalue weighted by molar-refractivity contribution is -0.278. The molecule has 178 valence electrons. The number of hydrogen-bond acceptors (Lipinski definition) is 8. The monoisotopic (exact) mass is 456 g/mol. The van der Waals surface area contributed by atoms with E-state index in [-0.39, 0.29) is 11.7 Å². The highest BCUT2D eigenvalue weighted by Gasteiger charge is 2.45. The van der Waals surface area contributed by atoms with Crippen LogP contribution in [0.4, 0.5) is 0 Å².